The first kappa shape index (κ1) is 15.6. The number of carbonyl (C=O) groups excluding carboxylic acids is 1. The highest BCUT2D eigenvalue weighted by Gasteiger charge is 2.18. The lowest BCUT2D eigenvalue weighted by Gasteiger charge is -2.16. The molecule has 0 saturated carbocycles. The van der Waals surface area contributed by atoms with Gasteiger partial charge in [-0.05, 0) is 34.5 Å². The number of nitrogens with zero attached hydrogens (tertiary/aromatic N) is 2. The number of pyridine rings is 1. The maximum Gasteiger partial charge on any atom is 0.258 e. The molecule has 0 saturated heterocycles. The minimum atomic E-state index is -0.177. The summed E-state index contributed by atoms with van der Waals surface area (Å²) < 4.78 is 5.43. The van der Waals surface area contributed by atoms with Crippen LogP contribution in [-0.2, 0) is 11.2 Å². The summed E-state index contributed by atoms with van der Waals surface area (Å²) in [7, 11) is 0. The van der Waals surface area contributed by atoms with Gasteiger partial charge in [-0.25, -0.2) is 4.98 Å². The van der Waals surface area contributed by atoms with Crippen molar-refractivity contribution in [2.45, 2.75) is 12.5 Å². The highest BCUT2D eigenvalue weighted by Crippen LogP contribution is 2.21. The summed E-state index contributed by atoms with van der Waals surface area (Å²) in [5.74, 6) is 0.399. The number of hydrogen-bond donors (Lipinski definition) is 1. The topological polar surface area (TPSA) is 64.1 Å². The molecule has 0 aromatic carbocycles. The van der Waals surface area contributed by atoms with E-state index in [9.17, 15) is 4.79 Å². The van der Waals surface area contributed by atoms with E-state index in [2.05, 4.69) is 26.7 Å². The number of nitrogens with one attached hydrogen (secondary N) is 1. The van der Waals surface area contributed by atoms with Crippen LogP contribution in [0.15, 0.2) is 52.9 Å². The zero-order chi connectivity index (χ0) is 15.9. The Hall–Kier alpha value is -2.25. The minimum absolute atomic E-state index is 0.0444. The number of carbonyl (C=O) groups is 1. The van der Waals surface area contributed by atoms with E-state index in [0.717, 1.165) is 11.4 Å². The van der Waals surface area contributed by atoms with Crippen molar-refractivity contribution < 1.29 is 9.53 Å². The normalized spacial score (nSPS) is 11.8. The first-order chi connectivity index (χ1) is 11.3. The Balaban J connectivity index is 1.60. The third kappa shape index (κ3) is 4.61. The molecule has 0 fully saturated rings. The van der Waals surface area contributed by atoms with Crippen molar-refractivity contribution in [1.82, 2.24) is 15.3 Å². The second-order valence-corrected chi connectivity index (χ2v) is 6.51. The molecule has 7 heteroatoms. The molecule has 118 valence electrons. The van der Waals surface area contributed by atoms with Crippen molar-refractivity contribution in [3.05, 3.63) is 63.5 Å². The molecule has 1 N–H and O–H groups in total. The fourth-order valence-electron chi connectivity index (χ4n) is 2.07. The largest absolute Gasteiger partial charge is 0.482 e. The van der Waals surface area contributed by atoms with Gasteiger partial charge in [0.15, 0.2) is 6.61 Å². The van der Waals surface area contributed by atoms with E-state index < -0.39 is 0 Å². The van der Waals surface area contributed by atoms with Gasteiger partial charge in [-0.15, -0.1) is 11.3 Å². The van der Waals surface area contributed by atoms with Crippen LogP contribution in [-0.4, -0.2) is 22.5 Å². The Morgan fingerprint density at radius 2 is 2.26 bits per heavy atom. The highest BCUT2D eigenvalue weighted by atomic mass is 32.1. The van der Waals surface area contributed by atoms with Gasteiger partial charge in [-0.1, -0.05) is 0 Å². The number of hydrogen-bond acceptors (Lipinski definition) is 6. The van der Waals surface area contributed by atoms with Crippen LogP contribution in [0.25, 0.3) is 0 Å². The predicted octanol–water partition coefficient (Wildman–Crippen LogP) is 3.08. The SMILES string of the molecule is O=C(COc1cccnc1)N[C@H](Cc1ccsc1)c1nccs1. The molecule has 0 radical (unpaired) electrons. The number of amides is 1. The molecular formula is C16H15N3O2S2. The smallest absolute Gasteiger partial charge is 0.258 e. The van der Waals surface area contributed by atoms with E-state index in [1.165, 1.54) is 16.9 Å². The van der Waals surface area contributed by atoms with Crippen LogP contribution < -0.4 is 10.1 Å². The second-order valence-electron chi connectivity index (χ2n) is 4.80. The van der Waals surface area contributed by atoms with Crippen LogP contribution >= 0.6 is 22.7 Å². The van der Waals surface area contributed by atoms with Gasteiger partial charge in [0.2, 0.25) is 0 Å². The van der Waals surface area contributed by atoms with Crippen LogP contribution in [0.4, 0.5) is 0 Å². The van der Waals surface area contributed by atoms with E-state index in [1.807, 2.05) is 10.8 Å². The van der Waals surface area contributed by atoms with Crippen molar-refractivity contribution in [3.63, 3.8) is 0 Å². The van der Waals surface area contributed by atoms with Gasteiger partial charge in [0.1, 0.15) is 10.8 Å². The molecule has 3 heterocycles. The number of rotatable bonds is 7. The van der Waals surface area contributed by atoms with Gasteiger partial charge < -0.3 is 10.1 Å². The lowest BCUT2D eigenvalue weighted by atomic mass is 10.1. The summed E-state index contributed by atoms with van der Waals surface area (Å²) >= 11 is 3.18. The monoisotopic (exact) mass is 345 g/mol. The Bertz CT molecular complexity index is 715. The molecule has 0 aliphatic rings. The molecule has 0 aliphatic heterocycles. The summed E-state index contributed by atoms with van der Waals surface area (Å²) in [5.41, 5.74) is 1.18. The molecular weight excluding hydrogens is 330 g/mol. The quantitative estimate of drug-likeness (QED) is 0.715. The Labute approximate surface area is 142 Å². The number of thiophene rings is 1. The zero-order valence-corrected chi connectivity index (χ0v) is 13.8. The van der Waals surface area contributed by atoms with Crippen LogP contribution in [0.5, 0.6) is 5.75 Å². The van der Waals surface area contributed by atoms with Crippen LogP contribution in [0.1, 0.15) is 16.6 Å². The Kier molecular flexibility index (Phi) is 5.33. The molecule has 1 amide bonds. The lowest BCUT2D eigenvalue weighted by Crippen LogP contribution is -2.33. The zero-order valence-electron chi connectivity index (χ0n) is 12.2. The minimum Gasteiger partial charge on any atom is -0.482 e. The van der Waals surface area contributed by atoms with Crippen LogP contribution in [0.3, 0.4) is 0 Å². The van der Waals surface area contributed by atoms with Gasteiger partial charge in [-0.3, -0.25) is 9.78 Å². The van der Waals surface area contributed by atoms with Crippen molar-refractivity contribution in [3.8, 4) is 5.75 Å². The van der Waals surface area contributed by atoms with Crippen molar-refractivity contribution in [2.24, 2.45) is 0 Å². The fraction of sp³-hybridized carbons (Fsp3) is 0.188. The molecule has 0 unspecified atom stereocenters. The summed E-state index contributed by atoms with van der Waals surface area (Å²) in [6.07, 6.45) is 5.71. The summed E-state index contributed by atoms with van der Waals surface area (Å²) in [5, 5.41) is 9.91. The average Bonchev–Trinajstić information content (AvgIpc) is 3.27. The van der Waals surface area contributed by atoms with Crippen molar-refractivity contribution >= 4 is 28.6 Å². The maximum absolute atomic E-state index is 12.2. The van der Waals surface area contributed by atoms with Crippen molar-refractivity contribution in [2.75, 3.05) is 6.61 Å². The van der Waals surface area contributed by atoms with E-state index in [-0.39, 0.29) is 18.6 Å². The number of aromatic nitrogens is 2. The number of thiazole rings is 1. The molecule has 5 nitrogen and oxygen atoms in total. The molecule has 1 atom stereocenters. The third-order valence-corrected chi connectivity index (χ3v) is 4.73. The maximum atomic E-state index is 12.2. The summed E-state index contributed by atoms with van der Waals surface area (Å²) in [6, 6.07) is 5.45. The van der Waals surface area contributed by atoms with Gasteiger partial charge >= 0.3 is 0 Å². The average molecular weight is 345 g/mol. The Morgan fingerprint density at radius 3 is 2.96 bits per heavy atom. The van der Waals surface area contributed by atoms with Gasteiger partial charge in [0.05, 0.1) is 12.2 Å². The molecule has 3 aromatic rings. The summed E-state index contributed by atoms with van der Waals surface area (Å²) in [4.78, 5) is 20.4. The fourth-order valence-corrected chi connectivity index (χ4v) is 3.44. The van der Waals surface area contributed by atoms with Crippen molar-refractivity contribution in [1.29, 1.82) is 0 Å². The van der Waals surface area contributed by atoms with E-state index >= 15 is 0 Å². The molecule has 3 rings (SSSR count). The molecule has 23 heavy (non-hydrogen) atoms. The van der Waals surface area contributed by atoms with Gasteiger partial charge in [0, 0.05) is 24.2 Å². The first-order valence-corrected chi connectivity index (χ1v) is 8.86. The summed E-state index contributed by atoms with van der Waals surface area (Å²) in [6.45, 7) is -0.0444. The highest BCUT2D eigenvalue weighted by molar-refractivity contribution is 7.09. The molecule has 3 aromatic heterocycles. The van der Waals surface area contributed by atoms with Crippen LogP contribution in [0.2, 0.25) is 0 Å². The van der Waals surface area contributed by atoms with E-state index in [4.69, 9.17) is 4.74 Å². The molecule has 0 bridgehead atoms. The predicted molar refractivity (Wildman–Crippen MR) is 90.8 cm³/mol. The van der Waals surface area contributed by atoms with Crippen LogP contribution in [0, 0.1) is 0 Å². The second kappa shape index (κ2) is 7.85. The number of ether oxygens (including phenoxy) is 1. The molecule has 0 spiro atoms. The first-order valence-electron chi connectivity index (χ1n) is 7.04. The standard InChI is InChI=1S/C16H15N3O2S2/c20-15(10-21-13-2-1-4-17-9-13)19-14(16-18-5-7-23-16)8-12-3-6-22-11-12/h1-7,9,11,14H,8,10H2,(H,19,20)/t14-/m1/s1. The Morgan fingerprint density at radius 1 is 1.30 bits per heavy atom. The lowest BCUT2D eigenvalue weighted by molar-refractivity contribution is -0.123. The third-order valence-electron chi connectivity index (χ3n) is 3.11. The molecule has 0 aliphatic carbocycles. The van der Waals surface area contributed by atoms with E-state index in [0.29, 0.717) is 5.75 Å². The van der Waals surface area contributed by atoms with E-state index in [1.54, 1.807) is 42.1 Å². The van der Waals surface area contributed by atoms with Gasteiger partial charge in [-0.2, -0.15) is 11.3 Å². The van der Waals surface area contributed by atoms with Gasteiger partial charge in [0.25, 0.3) is 5.91 Å².